The summed E-state index contributed by atoms with van der Waals surface area (Å²) in [6, 6.07) is 3.87. The molecule has 0 aliphatic carbocycles. The molecule has 1 atom stereocenters. The van der Waals surface area contributed by atoms with Crippen LogP contribution >= 0.6 is 0 Å². The fourth-order valence-electron chi connectivity index (χ4n) is 3.32. The molecule has 1 aromatic heterocycles. The second kappa shape index (κ2) is 7.15. The minimum Gasteiger partial charge on any atom is -0.357 e. The van der Waals surface area contributed by atoms with Gasteiger partial charge in [0.1, 0.15) is 5.82 Å². The van der Waals surface area contributed by atoms with Crippen molar-refractivity contribution in [3.8, 4) is 0 Å². The molecule has 2 aliphatic heterocycles. The smallest absolute Gasteiger partial charge is 0.279 e. The zero-order chi connectivity index (χ0) is 16.3. The molecule has 2 fully saturated rings. The molecule has 1 N–H and O–H groups in total. The minimum absolute atomic E-state index is 0.316. The summed E-state index contributed by atoms with van der Waals surface area (Å²) in [6.07, 6.45) is 6.21. The Morgan fingerprint density at radius 2 is 2.04 bits per heavy atom. The first-order valence-electron chi connectivity index (χ1n) is 8.49. The van der Waals surface area contributed by atoms with E-state index in [2.05, 4.69) is 21.5 Å². The first kappa shape index (κ1) is 16.7. The molecule has 128 valence electrons. The van der Waals surface area contributed by atoms with Crippen LogP contribution in [0.2, 0.25) is 0 Å². The summed E-state index contributed by atoms with van der Waals surface area (Å²) in [5, 5.41) is 0. The van der Waals surface area contributed by atoms with Gasteiger partial charge in [0, 0.05) is 38.9 Å². The number of hydrogen-bond acceptors (Lipinski definition) is 4. The summed E-state index contributed by atoms with van der Waals surface area (Å²) in [5.74, 6) is 1.38. The van der Waals surface area contributed by atoms with Crippen molar-refractivity contribution in [3.63, 3.8) is 0 Å². The Kier molecular flexibility index (Phi) is 5.18. The van der Waals surface area contributed by atoms with E-state index in [4.69, 9.17) is 0 Å². The van der Waals surface area contributed by atoms with Gasteiger partial charge in [-0.3, -0.25) is 0 Å². The van der Waals surface area contributed by atoms with Crippen LogP contribution in [0.5, 0.6) is 0 Å². The highest BCUT2D eigenvalue weighted by Crippen LogP contribution is 2.20. The molecule has 1 unspecified atom stereocenters. The highest BCUT2D eigenvalue weighted by molar-refractivity contribution is 7.87. The van der Waals surface area contributed by atoms with Gasteiger partial charge in [-0.2, -0.15) is 17.4 Å². The van der Waals surface area contributed by atoms with Crippen molar-refractivity contribution >= 4 is 16.0 Å². The van der Waals surface area contributed by atoms with Crippen molar-refractivity contribution in [2.24, 2.45) is 5.92 Å². The minimum atomic E-state index is -3.40. The van der Waals surface area contributed by atoms with Crippen LogP contribution in [-0.2, 0) is 16.8 Å². The van der Waals surface area contributed by atoms with Crippen molar-refractivity contribution in [2.45, 2.75) is 39.2 Å². The van der Waals surface area contributed by atoms with E-state index >= 15 is 0 Å². The predicted molar refractivity (Wildman–Crippen MR) is 91.4 cm³/mol. The van der Waals surface area contributed by atoms with E-state index in [9.17, 15) is 8.42 Å². The lowest BCUT2D eigenvalue weighted by atomic mass is 10.0. The first-order valence-corrected chi connectivity index (χ1v) is 9.93. The Morgan fingerprint density at radius 3 is 2.78 bits per heavy atom. The number of piperidine rings is 1. The van der Waals surface area contributed by atoms with Crippen molar-refractivity contribution in [1.29, 1.82) is 0 Å². The molecule has 0 amide bonds. The van der Waals surface area contributed by atoms with Crippen LogP contribution < -0.4 is 9.62 Å². The lowest BCUT2D eigenvalue weighted by Crippen LogP contribution is -2.45. The van der Waals surface area contributed by atoms with Crippen molar-refractivity contribution in [2.75, 3.05) is 31.1 Å². The SMILES string of the molecule is CC1CCCN(S(=O)(=O)NCc2ccnc(N3CCCC3)c2)C1. The van der Waals surface area contributed by atoms with Crippen LogP contribution in [0.4, 0.5) is 5.82 Å². The summed E-state index contributed by atoms with van der Waals surface area (Å²) in [6.45, 7) is 5.73. The van der Waals surface area contributed by atoms with E-state index in [1.165, 1.54) is 12.8 Å². The Hall–Kier alpha value is -1.18. The van der Waals surface area contributed by atoms with Gasteiger partial charge >= 0.3 is 0 Å². The van der Waals surface area contributed by atoms with E-state index < -0.39 is 10.2 Å². The van der Waals surface area contributed by atoms with E-state index in [0.29, 0.717) is 25.6 Å². The molecule has 23 heavy (non-hydrogen) atoms. The van der Waals surface area contributed by atoms with Crippen LogP contribution in [0.1, 0.15) is 38.2 Å². The van der Waals surface area contributed by atoms with Gasteiger partial charge in [0.05, 0.1) is 0 Å². The number of rotatable bonds is 5. The van der Waals surface area contributed by atoms with Gasteiger partial charge in [-0.05, 0) is 49.3 Å². The third-order valence-corrected chi connectivity index (χ3v) is 6.18. The van der Waals surface area contributed by atoms with Gasteiger partial charge in [-0.25, -0.2) is 4.98 Å². The van der Waals surface area contributed by atoms with Gasteiger partial charge in [-0.1, -0.05) is 6.92 Å². The zero-order valence-electron chi connectivity index (χ0n) is 13.7. The highest BCUT2D eigenvalue weighted by atomic mass is 32.2. The number of aromatic nitrogens is 1. The maximum absolute atomic E-state index is 12.4. The maximum Gasteiger partial charge on any atom is 0.279 e. The Morgan fingerprint density at radius 1 is 1.26 bits per heavy atom. The lowest BCUT2D eigenvalue weighted by molar-refractivity contribution is 0.278. The summed E-state index contributed by atoms with van der Waals surface area (Å²) >= 11 is 0. The fourth-order valence-corrected chi connectivity index (χ4v) is 4.67. The molecule has 3 rings (SSSR count). The average molecular weight is 338 g/mol. The van der Waals surface area contributed by atoms with Crippen molar-refractivity contribution in [1.82, 2.24) is 14.0 Å². The van der Waals surface area contributed by atoms with Crippen molar-refractivity contribution in [3.05, 3.63) is 23.9 Å². The Labute approximate surface area is 139 Å². The second-order valence-electron chi connectivity index (χ2n) is 6.65. The summed E-state index contributed by atoms with van der Waals surface area (Å²) < 4.78 is 29.2. The highest BCUT2D eigenvalue weighted by Gasteiger charge is 2.26. The van der Waals surface area contributed by atoms with Gasteiger partial charge in [-0.15, -0.1) is 0 Å². The molecule has 0 radical (unpaired) electrons. The molecule has 3 heterocycles. The van der Waals surface area contributed by atoms with Crippen LogP contribution in [0.25, 0.3) is 0 Å². The predicted octanol–water partition coefficient (Wildman–Crippen LogP) is 1.75. The monoisotopic (exact) mass is 338 g/mol. The number of anilines is 1. The third kappa shape index (κ3) is 4.22. The maximum atomic E-state index is 12.4. The van der Waals surface area contributed by atoms with E-state index in [1.54, 1.807) is 10.5 Å². The lowest BCUT2D eigenvalue weighted by Gasteiger charge is -2.30. The fraction of sp³-hybridized carbons (Fsp3) is 0.688. The second-order valence-corrected chi connectivity index (χ2v) is 8.40. The van der Waals surface area contributed by atoms with E-state index in [1.807, 2.05) is 12.1 Å². The number of hydrogen-bond donors (Lipinski definition) is 1. The van der Waals surface area contributed by atoms with Crippen LogP contribution in [0, 0.1) is 5.92 Å². The molecular formula is C16H26N4O2S. The number of pyridine rings is 1. The van der Waals surface area contributed by atoms with Gasteiger partial charge in [0.2, 0.25) is 0 Å². The molecule has 1 aromatic rings. The molecule has 0 aromatic carbocycles. The zero-order valence-corrected chi connectivity index (χ0v) is 14.6. The van der Waals surface area contributed by atoms with E-state index in [-0.39, 0.29) is 0 Å². The quantitative estimate of drug-likeness (QED) is 0.888. The van der Waals surface area contributed by atoms with Crippen molar-refractivity contribution < 1.29 is 8.42 Å². The van der Waals surface area contributed by atoms with E-state index in [0.717, 1.165) is 37.3 Å². The molecule has 2 saturated heterocycles. The Bertz CT molecular complexity index is 629. The molecule has 6 nitrogen and oxygen atoms in total. The first-order chi connectivity index (χ1) is 11.0. The largest absolute Gasteiger partial charge is 0.357 e. The third-order valence-electron chi connectivity index (χ3n) is 4.66. The van der Waals surface area contributed by atoms with Gasteiger partial charge in [0.15, 0.2) is 0 Å². The normalized spacial score (nSPS) is 23.3. The summed E-state index contributed by atoms with van der Waals surface area (Å²) in [7, 11) is -3.40. The number of nitrogens with one attached hydrogen (secondary N) is 1. The van der Waals surface area contributed by atoms with Crippen LogP contribution in [0.3, 0.4) is 0 Å². The topological polar surface area (TPSA) is 65.5 Å². The van der Waals surface area contributed by atoms with Gasteiger partial charge < -0.3 is 4.90 Å². The van der Waals surface area contributed by atoms with Gasteiger partial charge in [0.25, 0.3) is 10.2 Å². The molecule has 2 aliphatic rings. The van der Waals surface area contributed by atoms with Crippen LogP contribution in [-0.4, -0.2) is 43.9 Å². The summed E-state index contributed by atoms with van der Waals surface area (Å²) in [5.41, 5.74) is 0.954. The number of nitrogens with zero attached hydrogens (tertiary/aromatic N) is 3. The Balaban J connectivity index is 1.62. The summed E-state index contributed by atoms with van der Waals surface area (Å²) in [4.78, 5) is 6.66. The molecular weight excluding hydrogens is 312 g/mol. The molecule has 0 saturated carbocycles. The van der Waals surface area contributed by atoms with Crippen LogP contribution in [0.15, 0.2) is 18.3 Å². The molecule has 0 bridgehead atoms. The standard InChI is InChI=1S/C16H26N4O2S/c1-14-5-4-10-20(13-14)23(21,22)18-12-15-6-7-17-16(11-15)19-8-2-3-9-19/h6-7,11,14,18H,2-5,8-10,12-13H2,1H3. The molecule has 7 heteroatoms. The average Bonchev–Trinajstić information content (AvgIpc) is 3.08. The molecule has 0 spiro atoms.